The molecular formula is C16H24O3S3. The molecule has 22 heavy (non-hydrogen) atoms. The first-order valence-electron chi connectivity index (χ1n) is 7.56. The van der Waals surface area contributed by atoms with Crippen molar-refractivity contribution >= 4 is 36.2 Å². The van der Waals surface area contributed by atoms with E-state index in [-0.39, 0.29) is 0 Å². The third kappa shape index (κ3) is 7.15. The third-order valence-electron chi connectivity index (χ3n) is 3.21. The van der Waals surface area contributed by atoms with Gasteiger partial charge in [0, 0.05) is 27.9 Å². The van der Waals surface area contributed by atoms with Crippen LogP contribution in [-0.4, -0.2) is 49.4 Å². The van der Waals surface area contributed by atoms with Crippen LogP contribution in [0.2, 0.25) is 0 Å². The molecule has 0 spiro atoms. The van der Waals surface area contributed by atoms with E-state index < -0.39 is 0 Å². The van der Waals surface area contributed by atoms with Gasteiger partial charge in [0.15, 0.2) is 0 Å². The van der Waals surface area contributed by atoms with Crippen LogP contribution in [0.25, 0.3) is 0 Å². The molecule has 0 saturated heterocycles. The van der Waals surface area contributed by atoms with Gasteiger partial charge in [0.2, 0.25) is 0 Å². The summed E-state index contributed by atoms with van der Waals surface area (Å²) in [4.78, 5) is 0.998. The molecule has 124 valence electrons. The van der Waals surface area contributed by atoms with Crippen molar-refractivity contribution in [2.45, 2.75) is 18.1 Å². The van der Waals surface area contributed by atoms with Gasteiger partial charge in [-0.05, 0) is 11.1 Å². The normalized spacial score (nSPS) is 20.0. The van der Waals surface area contributed by atoms with E-state index in [4.69, 9.17) is 14.2 Å². The lowest BCUT2D eigenvalue weighted by molar-refractivity contribution is 0.129. The summed E-state index contributed by atoms with van der Waals surface area (Å²) in [5, 5.41) is 0. The number of thioether (sulfide) groups is 2. The third-order valence-corrected chi connectivity index (χ3v) is 5.60. The first kappa shape index (κ1) is 18.5. The monoisotopic (exact) mass is 360 g/mol. The molecule has 0 N–H and O–H groups in total. The predicted molar refractivity (Wildman–Crippen MR) is 98.5 cm³/mol. The zero-order valence-electron chi connectivity index (χ0n) is 12.8. The molecule has 6 heteroatoms. The summed E-state index contributed by atoms with van der Waals surface area (Å²) in [7, 11) is 0. The Balaban J connectivity index is 1.86. The zero-order chi connectivity index (χ0) is 15.5. The molecule has 0 atom stereocenters. The van der Waals surface area contributed by atoms with Crippen LogP contribution in [0.5, 0.6) is 0 Å². The van der Waals surface area contributed by atoms with E-state index in [1.807, 2.05) is 23.5 Å². The quantitative estimate of drug-likeness (QED) is 0.715. The molecule has 1 aromatic carbocycles. The SMILES string of the molecule is Sc1c2cccc1COCCSCCOCCSCCOC2. The van der Waals surface area contributed by atoms with E-state index >= 15 is 0 Å². The van der Waals surface area contributed by atoms with Crippen LogP contribution in [0.15, 0.2) is 23.1 Å². The Labute approximate surface area is 147 Å². The summed E-state index contributed by atoms with van der Waals surface area (Å²) >= 11 is 8.39. The van der Waals surface area contributed by atoms with Gasteiger partial charge >= 0.3 is 0 Å². The maximum atomic E-state index is 5.74. The molecule has 0 aliphatic carbocycles. The van der Waals surface area contributed by atoms with Gasteiger partial charge in [0.05, 0.1) is 39.6 Å². The maximum absolute atomic E-state index is 5.74. The summed E-state index contributed by atoms with van der Waals surface area (Å²) in [6.07, 6.45) is 0. The number of hydrogen-bond acceptors (Lipinski definition) is 6. The molecule has 0 saturated carbocycles. The lowest BCUT2D eigenvalue weighted by Gasteiger charge is -2.12. The summed E-state index contributed by atoms with van der Waals surface area (Å²) in [5.41, 5.74) is 2.27. The van der Waals surface area contributed by atoms with Gasteiger partial charge in [-0.1, -0.05) is 18.2 Å². The van der Waals surface area contributed by atoms with Crippen molar-refractivity contribution < 1.29 is 14.2 Å². The van der Waals surface area contributed by atoms with Crippen LogP contribution in [-0.2, 0) is 27.4 Å². The summed E-state index contributed by atoms with van der Waals surface area (Å²) in [6, 6.07) is 6.19. The Morgan fingerprint density at radius 2 is 1.18 bits per heavy atom. The molecule has 3 nitrogen and oxygen atoms in total. The molecule has 0 radical (unpaired) electrons. The lowest BCUT2D eigenvalue weighted by atomic mass is 10.1. The van der Waals surface area contributed by atoms with Crippen molar-refractivity contribution in [3.05, 3.63) is 29.3 Å². The highest BCUT2D eigenvalue weighted by molar-refractivity contribution is 7.99. The van der Waals surface area contributed by atoms with E-state index in [9.17, 15) is 0 Å². The molecular weight excluding hydrogens is 336 g/mol. The molecule has 1 aliphatic heterocycles. The van der Waals surface area contributed by atoms with Gasteiger partial charge in [-0.3, -0.25) is 0 Å². The standard InChI is InChI=1S/C16H24O3S3/c20-16-14-2-1-3-15(16)13-19-7-11-22-9-5-17-4-8-21-10-6-18-12-14/h1-3,20H,4-13H2. The van der Waals surface area contributed by atoms with Crippen LogP contribution in [0.4, 0.5) is 0 Å². The van der Waals surface area contributed by atoms with Gasteiger partial charge in [-0.25, -0.2) is 0 Å². The lowest BCUT2D eigenvalue weighted by Crippen LogP contribution is -2.06. The van der Waals surface area contributed by atoms with Crippen molar-refractivity contribution in [2.24, 2.45) is 0 Å². The van der Waals surface area contributed by atoms with Gasteiger partial charge in [-0.2, -0.15) is 23.5 Å². The Morgan fingerprint density at radius 1 is 0.727 bits per heavy atom. The Kier molecular flexibility index (Phi) is 9.79. The number of benzene rings is 1. The second kappa shape index (κ2) is 11.6. The van der Waals surface area contributed by atoms with Crippen molar-refractivity contribution in [3.63, 3.8) is 0 Å². The van der Waals surface area contributed by atoms with Crippen LogP contribution >= 0.6 is 36.2 Å². The minimum absolute atomic E-state index is 0.611. The molecule has 1 heterocycles. The number of thiol groups is 1. The average Bonchev–Trinajstić information content (AvgIpc) is 2.53. The fourth-order valence-corrected chi connectivity index (χ4v) is 3.65. The molecule has 1 aliphatic rings. The van der Waals surface area contributed by atoms with Gasteiger partial charge in [-0.15, -0.1) is 12.6 Å². The minimum atomic E-state index is 0.611. The zero-order valence-corrected chi connectivity index (χ0v) is 15.3. The first-order valence-corrected chi connectivity index (χ1v) is 10.3. The van der Waals surface area contributed by atoms with Crippen LogP contribution in [0.3, 0.4) is 0 Å². The van der Waals surface area contributed by atoms with Crippen LogP contribution in [0, 0.1) is 0 Å². The van der Waals surface area contributed by atoms with Gasteiger partial charge < -0.3 is 14.2 Å². The van der Waals surface area contributed by atoms with Crippen LogP contribution < -0.4 is 0 Å². The second-order valence-electron chi connectivity index (χ2n) is 4.87. The fraction of sp³-hybridized carbons (Fsp3) is 0.625. The fourth-order valence-electron chi connectivity index (χ4n) is 2.02. The molecule has 2 bridgehead atoms. The molecule has 0 unspecified atom stereocenters. The highest BCUT2D eigenvalue weighted by Crippen LogP contribution is 2.21. The Morgan fingerprint density at radius 3 is 1.68 bits per heavy atom. The Bertz CT molecular complexity index is 395. The molecule has 0 fully saturated rings. The van der Waals surface area contributed by atoms with Gasteiger partial charge in [0.1, 0.15) is 0 Å². The minimum Gasteiger partial charge on any atom is -0.380 e. The molecule has 1 aromatic rings. The highest BCUT2D eigenvalue weighted by atomic mass is 32.2. The second-order valence-corrected chi connectivity index (χ2v) is 7.76. The topological polar surface area (TPSA) is 27.7 Å². The number of hydrogen-bond donors (Lipinski definition) is 1. The van der Waals surface area contributed by atoms with E-state index in [1.54, 1.807) is 0 Å². The van der Waals surface area contributed by atoms with Crippen LogP contribution in [0.1, 0.15) is 11.1 Å². The van der Waals surface area contributed by atoms with E-state index in [0.717, 1.165) is 65.5 Å². The van der Waals surface area contributed by atoms with Crippen molar-refractivity contribution in [2.75, 3.05) is 49.4 Å². The maximum Gasteiger partial charge on any atom is 0.0728 e. The number of fused-ring (bicyclic) bond motifs is 2. The highest BCUT2D eigenvalue weighted by Gasteiger charge is 2.06. The molecule has 0 amide bonds. The summed E-state index contributed by atoms with van der Waals surface area (Å²) in [5.74, 6) is 4.07. The predicted octanol–water partition coefficient (Wildman–Crippen LogP) is 3.51. The first-order chi connectivity index (χ1) is 10.9. The van der Waals surface area contributed by atoms with E-state index in [2.05, 4.69) is 30.8 Å². The molecule has 2 rings (SSSR count). The Hall–Kier alpha value is 0.150. The van der Waals surface area contributed by atoms with E-state index in [1.165, 1.54) is 0 Å². The molecule has 0 aromatic heterocycles. The van der Waals surface area contributed by atoms with Crippen molar-refractivity contribution in [3.8, 4) is 0 Å². The van der Waals surface area contributed by atoms with Crippen molar-refractivity contribution in [1.29, 1.82) is 0 Å². The number of ether oxygens (including phenoxy) is 3. The average molecular weight is 361 g/mol. The number of rotatable bonds is 0. The van der Waals surface area contributed by atoms with Crippen molar-refractivity contribution in [1.82, 2.24) is 0 Å². The smallest absolute Gasteiger partial charge is 0.0728 e. The summed E-state index contributed by atoms with van der Waals surface area (Å²) < 4.78 is 17.1. The summed E-state index contributed by atoms with van der Waals surface area (Å²) in [6.45, 7) is 4.39. The largest absolute Gasteiger partial charge is 0.380 e. The van der Waals surface area contributed by atoms with E-state index in [0.29, 0.717) is 13.2 Å². The van der Waals surface area contributed by atoms with Gasteiger partial charge in [0.25, 0.3) is 0 Å².